The van der Waals surface area contributed by atoms with Crippen LogP contribution in [0.1, 0.15) is 5.56 Å². The van der Waals surface area contributed by atoms with Crippen LogP contribution in [0.4, 0.5) is 0 Å². The maximum atomic E-state index is 4.42. The minimum Gasteiger partial charge on any atom is -0.238 e. The van der Waals surface area contributed by atoms with Crippen molar-refractivity contribution in [2.45, 2.75) is 6.92 Å². The van der Waals surface area contributed by atoms with E-state index in [1.54, 1.807) is 0 Å². The molecular weight excluding hydrogens is 318 g/mol. The Morgan fingerprint density at radius 3 is 1.95 bits per heavy atom. The number of nitrogens with zero attached hydrogens (tertiary/aromatic N) is 2. The van der Waals surface area contributed by atoms with Crippen LogP contribution in [-0.4, -0.2) is 9.97 Å². The van der Waals surface area contributed by atoms with E-state index in [2.05, 4.69) is 47.2 Å². The predicted molar refractivity (Wildman–Crippen MR) is 76.5 cm³/mol. The third kappa shape index (κ3) is 3.70. The minimum atomic E-state index is 0. The van der Waals surface area contributed by atoms with E-state index in [4.69, 9.17) is 0 Å². The summed E-state index contributed by atoms with van der Waals surface area (Å²) in [5, 5.41) is 0. The molecule has 3 rings (SSSR count). The van der Waals surface area contributed by atoms with Gasteiger partial charge in [-0.1, -0.05) is 35.4 Å². The van der Waals surface area contributed by atoms with Crippen LogP contribution < -0.4 is 58.2 Å². The van der Waals surface area contributed by atoms with Gasteiger partial charge in [-0.2, -0.15) is 30.3 Å². The molecule has 0 aliphatic carbocycles. The van der Waals surface area contributed by atoms with Crippen molar-refractivity contribution in [2.24, 2.45) is 0 Å². The molecule has 3 aromatic rings. The quantitative estimate of drug-likeness (QED) is 0.653. The molecule has 0 saturated carbocycles. The number of hydrogen-bond donors (Lipinski definition) is 0. The van der Waals surface area contributed by atoms with Gasteiger partial charge in [0.1, 0.15) is 5.82 Å². The first kappa shape index (κ1) is 15.7. The summed E-state index contributed by atoms with van der Waals surface area (Å²) in [5.41, 5.74) is 4.43. The smallest absolute Gasteiger partial charge is 0.238 e. The summed E-state index contributed by atoms with van der Waals surface area (Å²) >= 11 is 0. The van der Waals surface area contributed by atoms with E-state index in [0.717, 1.165) is 22.5 Å². The summed E-state index contributed by atoms with van der Waals surface area (Å²) in [6.07, 6.45) is 3.73. The van der Waals surface area contributed by atoms with Gasteiger partial charge in [0.25, 0.3) is 0 Å². The van der Waals surface area contributed by atoms with Gasteiger partial charge < -0.3 is 0 Å². The number of benzene rings is 2. The molecule has 0 aliphatic rings. The molecule has 3 heteroatoms. The fourth-order valence-electron chi connectivity index (χ4n) is 1.91. The Bertz CT molecular complexity index is 662. The van der Waals surface area contributed by atoms with Crippen molar-refractivity contribution in [1.29, 1.82) is 0 Å². The van der Waals surface area contributed by atoms with E-state index in [1.165, 1.54) is 5.56 Å². The van der Waals surface area contributed by atoms with Crippen molar-refractivity contribution in [1.82, 2.24) is 9.97 Å². The van der Waals surface area contributed by atoms with Crippen LogP contribution in [-0.2, 0) is 0 Å². The Labute approximate surface area is 168 Å². The van der Waals surface area contributed by atoms with Crippen molar-refractivity contribution in [3.05, 3.63) is 72.6 Å². The molecule has 0 amide bonds. The summed E-state index contributed by atoms with van der Waals surface area (Å²) in [5.74, 6) is 0.741. The first-order valence-corrected chi connectivity index (χ1v) is 6.18. The average molecular weight is 331 g/mol. The Hall–Kier alpha value is -0.675. The summed E-state index contributed by atoms with van der Waals surface area (Å²) < 4.78 is 0. The van der Waals surface area contributed by atoms with Gasteiger partial charge in [0.05, 0.1) is 0 Å². The molecule has 0 radical (unpaired) electrons. The first-order valence-electron chi connectivity index (χ1n) is 6.18. The van der Waals surface area contributed by atoms with Crippen LogP contribution in [0.15, 0.2) is 60.9 Å². The van der Waals surface area contributed by atoms with Crippen LogP contribution in [0.3, 0.4) is 0 Å². The van der Waals surface area contributed by atoms with E-state index < -0.39 is 0 Å². The Kier molecular flexibility index (Phi) is 5.79. The largest absolute Gasteiger partial charge is 1.00 e. The van der Waals surface area contributed by atoms with Gasteiger partial charge in [-0.25, -0.2) is 9.97 Å². The van der Waals surface area contributed by atoms with E-state index in [1.807, 2.05) is 36.7 Å². The molecule has 92 valence electrons. The SMILES string of the molecule is Cc1ccc(-c2cnc(-c3cc[c-]cc3)nc2)cc1.[Rb+]. The maximum absolute atomic E-state index is 4.42. The number of hydrogen-bond acceptors (Lipinski definition) is 2. The zero-order chi connectivity index (χ0) is 13.1. The Balaban J connectivity index is 0.00000147. The molecule has 2 aromatic carbocycles. The van der Waals surface area contributed by atoms with Gasteiger partial charge in [-0.15, -0.1) is 0 Å². The normalized spacial score (nSPS) is 9.85. The minimum absolute atomic E-state index is 0. The van der Waals surface area contributed by atoms with Crippen molar-refractivity contribution in [3.63, 3.8) is 0 Å². The molecule has 0 fully saturated rings. The molecule has 0 bridgehead atoms. The second-order valence-electron chi connectivity index (χ2n) is 4.45. The molecule has 1 aromatic heterocycles. The van der Waals surface area contributed by atoms with Crippen molar-refractivity contribution in [2.75, 3.05) is 0 Å². The molecule has 0 unspecified atom stereocenters. The zero-order valence-corrected chi connectivity index (χ0v) is 16.6. The van der Waals surface area contributed by atoms with Crippen molar-refractivity contribution >= 4 is 0 Å². The molecule has 0 atom stereocenters. The Morgan fingerprint density at radius 1 is 0.750 bits per heavy atom. The van der Waals surface area contributed by atoms with Crippen LogP contribution in [0, 0.1) is 13.0 Å². The number of aromatic nitrogens is 2. The molecule has 0 aliphatic heterocycles. The predicted octanol–water partition coefficient (Wildman–Crippen LogP) is 0.923. The molecule has 1 heterocycles. The molecule has 20 heavy (non-hydrogen) atoms. The maximum Gasteiger partial charge on any atom is 1.00 e. The van der Waals surface area contributed by atoms with Gasteiger partial charge in [0.2, 0.25) is 0 Å². The third-order valence-corrected chi connectivity index (χ3v) is 3.01. The molecule has 0 saturated heterocycles. The zero-order valence-electron chi connectivity index (χ0n) is 11.7. The van der Waals surface area contributed by atoms with Crippen LogP contribution in [0.2, 0.25) is 0 Å². The van der Waals surface area contributed by atoms with Crippen LogP contribution >= 0.6 is 0 Å². The van der Waals surface area contributed by atoms with Crippen LogP contribution in [0.5, 0.6) is 0 Å². The van der Waals surface area contributed by atoms with Crippen molar-refractivity contribution < 1.29 is 58.2 Å². The fraction of sp³-hybridized carbons (Fsp3) is 0.0588. The summed E-state index contributed by atoms with van der Waals surface area (Å²) in [4.78, 5) is 8.85. The monoisotopic (exact) mass is 330 g/mol. The van der Waals surface area contributed by atoms with Gasteiger partial charge >= 0.3 is 58.2 Å². The average Bonchev–Trinajstić information content (AvgIpc) is 2.49. The summed E-state index contributed by atoms with van der Waals surface area (Å²) in [6.45, 7) is 2.08. The Morgan fingerprint density at radius 2 is 1.35 bits per heavy atom. The molecule has 2 nitrogen and oxygen atoms in total. The van der Waals surface area contributed by atoms with E-state index in [-0.39, 0.29) is 58.2 Å². The van der Waals surface area contributed by atoms with Gasteiger partial charge in [0, 0.05) is 18.0 Å². The summed E-state index contributed by atoms with van der Waals surface area (Å²) in [6, 6.07) is 19.0. The second-order valence-corrected chi connectivity index (χ2v) is 4.45. The van der Waals surface area contributed by atoms with Gasteiger partial charge in [-0.3, -0.25) is 0 Å². The second kappa shape index (κ2) is 7.37. The van der Waals surface area contributed by atoms with E-state index >= 15 is 0 Å². The number of rotatable bonds is 2. The summed E-state index contributed by atoms with van der Waals surface area (Å²) in [7, 11) is 0. The topological polar surface area (TPSA) is 25.8 Å². The molecule has 0 N–H and O–H groups in total. The van der Waals surface area contributed by atoms with Gasteiger partial charge in [-0.05, 0) is 12.5 Å². The molecular formula is C17H13N2Rb. The standard InChI is InChI=1S/C17H13N2.Rb/c1-13-7-9-14(10-8-13)16-11-18-17(19-12-16)15-5-3-2-4-6-15;/h3-12H,1H3;/q-1;+1. The van der Waals surface area contributed by atoms with E-state index in [0.29, 0.717) is 0 Å². The van der Waals surface area contributed by atoms with E-state index in [9.17, 15) is 0 Å². The first-order chi connectivity index (χ1) is 9.33. The number of aryl methyl sites for hydroxylation is 1. The third-order valence-electron chi connectivity index (χ3n) is 3.01. The van der Waals surface area contributed by atoms with Crippen molar-refractivity contribution in [3.8, 4) is 22.5 Å². The molecule has 0 spiro atoms. The fourth-order valence-corrected chi connectivity index (χ4v) is 1.91. The van der Waals surface area contributed by atoms with Crippen LogP contribution in [0.25, 0.3) is 22.5 Å². The van der Waals surface area contributed by atoms with Gasteiger partial charge in [0.15, 0.2) is 0 Å².